The molecule has 86 valence electrons. The second-order valence-corrected chi connectivity index (χ2v) is 4.58. The van der Waals surface area contributed by atoms with Gasteiger partial charge in [-0.05, 0) is 19.2 Å². The number of sulfonamides is 1. The SMILES string of the molecule is CNS(=O)(=O)C(=O)c1ccc([N+](=O)[O-])cc1. The van der Waals surface area contributed by atoms with Crippen molar-refractivity contribution in [1.29, 1.82) is 0 Å². The van der Waals surface area contributed by atoms with E-state index in [4.69, 9.17) is 0 Å². The Morgan fingerprint density at radius 3 is 2.19 bits per heavy atom. The molecule has 0 bridgehead atoms. The molecule has 1 rings (SSSR count). The first-order chi connectivity index (χ1) is 7.38. The van der Waals surface area contributed by atoms with Crippen LogP contribution in [0.1, 0.15) is 10.4 Å². The maximum atomic E-state index is 11.4. The van der Waals surface area contributed by atoms with E-state index in [1.165, 1.54) is 0 Å². The molecule has 0 heterocycles. The van der Waals surface area contributed by atoms with Gasteiger partial charge in [-0.1, -0.05) is 0 Å². The number of nitro benzene ring substituents is 1. The molecule has 0 amide bonds. The third-order valence-corrected chi connectivity index (χ3v) is 3.09. The number of nitrogens with zero attached hydrogens (tertiary/aromatic N) is 1. The minimum Gasteiger partial charge on any atom is -0.274 e. The highest BCUT2D eigenvalue weighted by molar-refractivity contribution is 8.04. The fourth-order valence-electron chi connectivity index (χ4n) is 0.967. The van der Waals surface area contributed by atoms with Gasteiger partial charge in [0.2, 0.25) is 0 Å². The average Bonchev–Trinajstić information content (AvgIpc) is 2.28. The van der Waals surface area contributed by atoms with Crippen molar-refractivity contribution in [2.24, 2.45) is 0 Å². The summed E-state index contributed by atoms with van der Waals surface area (Å²) in [6, 6.07) is 4.32. The number of carbonyl (C=O) groups excluding carboxylic acids is 1. The Hall–Kier alpha value is -1.80. The molecule has 0 aliphatic carbocycles. The Morgan fingerprint density at radius 2 is 1.81 bits per heavy atom. The lowest BCUT2D eigenvalue weighted by molar-refractivity contribution is -0.384. The van der Waals surface area contributed by atoms with E-state index >= 15 is 0 Å². The van der Waals surface area contributed by atoms with E-state index in [0.717, 1.165) is 31.3 Å². The molecule has 0 aliphatic heterocycles. The molecule has 0 atom stereocenters. The van der Waals surface area contributed by atoms with Crippen molar-refractivity contribution in [3.8, 4) is 0 Å². The van der Waals surface area contributed by atoms with E-state index in [2.05, 4.69) is 0 Å². The lowest BCUT2D eigenvalue weighted by atomic mass is 10.2. The predicted molar refractivity (Wildman–Crippen MR) is 55.4 cm³/mol. The van der Waals surface area contributed by atoms with Crippen molar-refractivity contribution >= 4 is 20.8 Å². The Kier molecular flexibility index (Phi) is 3.35. The van der Waals surface area contributed by atoms with Crippen molar-refractivity contribution in [3.05, 3.63) is 39.9 Å². The lowest BCUT2D eigenvalue weighted by Crippen LogP contribution is -2.27. The van der Waals surface area contributed by atoms with Crippen LogP contribution in [0.15, 0.2) is 24.3 Å². The van der Waals surface area contributed by atoms with Gasteiger partial charge in [0, 0.05) is 17.7 Å². The van der Waals surface area contributed by atoms with E-state index in [0.29, 0.717) is 0 Å². The molecule has 1 aromatic rings. The maximum Gasteiger partial charge on any atom is 0.291 e. The molecule has 0 aromatic heterocycles. The molecule has 1 aromatic carbocycles. The quantitative estimate of drug-likeness (QED) is 0.607. The zero-order valence-electron chi connectivity index (χ0n) is 8.21. The summed E-state index contributed by atoms with van der Waals surface area (Å²) >= 11 is 0. The van der Waals surface area contributed by atoms with E-state index in [1.807, 2.05) is 4.72 Å². The first-order valence-electron chi connectivity index (χ1n) is 4.11. The Labute approximate surface area is 91.3 Å². The van der Waals surface area contributed by atoms with Crippen LogP contribution in [0.3, 0.4) is 0 Å². The van der Waals surface area contributed by atoms with Gasteiger partial charge in [-0.15, -0.1) is 0 Å². The molecule has 0 unspecified atom stereocenters. The molecule has 0 saturated carbocycles. The second-order valence-electron chi connectivity index (χ2n) is 2.80. The van der Waals surface area contributed by atoms with Crippen LogP contribution in [0.2, 0.25) is 0 Å². The van der Waals surface area contributed by atoms with Gasteiger partial charge >= 0.3 is 0 Å². The smallest absolute Gasteiger partial charge is 0.274 e. The minimum absolute atomic E-state index is 0.125. The first-order valence-corrected chi connectivity index (χ1v) is 5.59. The number of carbonyl (C=O) groups is 1. The van der Waals surface area contributed by atoms with E-state index in [-0.39, 0.29) is 11.3 Å². The number of hydrogen-bond acceptors (Lipinski definition) is 5. The van der Waals surface area contributed by atoms with Gasteiger partial charge in [0.1, 0.15) is 0 Å². The highest BCUT2D eigenvalue weighted by Gasteiger charge is 2.22. The van der Waals surface area contributed by atoms with Gasteiger partial charge in [0.15, 0.2) is 0 Å². The molecular formula is C8H8N2O5S. The highest BCUT2D eigenvalue weighted by atomic mass is 32.2. The zero-order chi connectivity index (χ0) is 12.3. The predicted octanol–water partition coefficient (Wildman–Crippen LogP) is 0.284. The van der Waals surface area contributed by atoms with Gasteiger partial charge < -0.3 is 0 Å². The number of nitro groups is 1. The van der Waals surface area contributed by atoms with Crippen LogP contribution in [-0.2, 0) is 10.0 Å². The third-order valence-electron chi connectivity index (χ3n) is 1.83. The van der Waals surface area contributed by atoms with Crippen molar-refractivity contribution in [3.63, 3.8) is 0 Å². The van der Waals surface area contributed by atoms with Crippen LogP contribution < -0.4 is 4.72 Å². The second kappa shape index (κ2) is 4.37. The molecule has 0 aliphatic rings. The van der Waals surface area contributed by atoms with Crippen LogP contribution in [0.5, 0.6) is 0 Å². The maximum absolute atomic E-state index is 11.4. The van der Waals surface area contributed by atoms with Crippen molar-refractivity contribution < 1.29 is 18.1 Å². The van der Waals surface area contributed by atoms with E-state index in [1.54, 1.807) is 0 Å². The minimum atomic E-state index is -4.04. The van der Waals surface area contributed by atoms with E-state index in [9.17, 15) is 23.3 Å². The van der Waals surface area contributed by atoms with Crippen LogP contribution >= 0.6 is 0 Å². The standard InChI is InChI=1S/C8H8N2O5S/c1-9-16(14,15)8(11)6-2-4-7(5-3-6)10(12)13/h2-5,9H,1H3. The monoisotopic (exact) mass is 244 g/mol. The van der Waals surface area contributed by atoms with E-state index < -0.39 is 20.1 Å². The number of benzene rings is 1. The molecule has 0 radical (unpaired) electrons. The van der Waals surface area contributed by atoms with Gasteiger partial charge in [0.25, 0.3) is 20.8 Å². The number of nitrogens with one attached hydrogen (secondary N) is 1. The van der Waals surface area contributed by atoms with Gasteiger partial charge in [-0.25, -0.2) is 13.1 Å². The number of rotatable bonds is 3. The number of non-ortho nitro benzene ring substituents is 1. The summed E-state index contributed by atoms with van der Waals surface area (Å²) < 4.78 is 24.1. The van der Waals surface area contributed by atoms with Crippen LogP contribution in [0.4, 0.5) is 5.69 Å². The van der Waals surface area contributed by atoms with Gasteiger partial charge in [-0.3, -0.25) is 14.9 Å². The summed E-state index contributed by atoms with van der Waals surface area (Å²) in [6.07, 6.45) is 0. The topological polar surface area (TPSA) is 106 Å². The molecule has 0 saturated heterocycles. The van der Waals surface area contributed by atoms with Crippen LogP contribution in [-0.4, -0.2) is 25.5 Å². The van der Waals surface area contributed by atoms with Crippen molar-refractivity contribution in [2.75, 3.05) is 7.05 Å². The normalized spacial score (nSPS) is 11.1. The first kappa shape index (κ1) is 12.3. The van der Waals surface area contributed by atoms with Crippen molar-refractivity contribution in [2.45, 2.75) is 0 Å². The third kappa shape index (κ3) is 2.41. The summed E-state index contributed by atoms with van der Waals surface area (Å²) in [6.45, 7) is 0. The zero-order valence-corrected chi connectivity index (χ0v) is 9.02. The molecule has 1 N–H and O–H groups in total. The van der Waals surface area contributed by atoms with Crippen LogP contribution in [0.25, 0.3) is 0 Å². The highest BCUT2D eigenvalue weighted by Crippen LogP contribution is 2.13. The summed E-state index contributed by atoms with van der Waals surface area (Å²) in [5.41, 5.74) is -0.335. The van der Waals surface area contributed by atoms with Gasteiger partial charge in [0.05, 0.1) is 4.92 Å². The Bertz CT molecular complexity index is 520. The summed E-state index contributed by atoms with van der Waals surface area (Å²) in [5, 5.41) is 9.20. The lowest BCUT2D eigenvalue weighted by Gasteiger charge is -2.00. The molecule has 8 heteroatoms. The number of hydrogen-bond donors (Lipinski definition) is 1. The summed E-state index contributed by atoms with van der Waals surface area (Å²) in [4.78, 5) is 21.0. The molecule has 0 fully saturated rings. The Balaban J connectivity index is 3.09. The summed E-state index contributed by atoms with van der Waals surface area (Å²) in [7, 11) is -2.93. The fourth-order valence-corrected chi connectivity index (χ4v) is 1.60. The summed E-state index contributed by atoms with van der Waals surface area (Å²) in [5.74, 6) is 0. The fraction of sp³-hybridized carbons (Fsp3) is 0.125. The van der Waals surface area contributed by atoms with Crippen molar-refractivity contribution in [1.82, 2.24) is 4.72 Å². The molecule has 7 nitrogen and oxygen atoms in total. The van der Waals surface area contributed by atoms with Crippen LogP contribution in [0, 0.1) is 10.1 Å². The molecule has 16 heavy (non-hydrogen) atoms. The largest absolute Gasteiger partial charge is 0.291 e. The average molecular weight is 244 g/mol. The molecule has 0 spiro atoms. The molecular weight excluding hydrogens is 236 g/mol. The van der Waals surface area contributed by atoms with Gasteiger partial charge in [-0.2, -0.15) is 0 Å². The Morgan fingerprint density at radius 1 is 1.31 bits per heavy atom.